The maximum atomic E-state index is 11.6. The molecule has 1 amide bonds. The third-order valence-electron chi connectivity index (χ3n) is 2.75. The Morgan fingerprint density at radius 2 is 2.11 bits per heavy atom. The van der Waals surface area contributed by atoms with Crippen molar-refractivity contribution in [1.82, 2.24) is 10.6 Å². The van der Waals surface area contributed by atoms with Crippen LogP contribution in [0.4, 0.5) is 0 Å². The molecule has 0 aliphatic rings. The summed E-state index contributed by atoms with van der Waals surface area (Å²) in [5.74, 6) is 0.585. The summed E-state index contributed by atoms with van der Waals surface area (Å²) in [4.78, 5) is 12.8. The Hall–Kier alpha value is -1.00. The first-order valence-corrected chi connectivity index (χ1v) is 7.33. The molecule has 0 radical (unpaired) electrons. The van der Waals surface area contributed by atoms with Gasteiger partial charge >= 0.3 is 0 Å². The monoisotopic (exact) mass is 266 g/mol. The van der Waals surface area contributed by atoms with Gasteiger partial charge in [-0.05, 0) is 32.0 Å². The van der Waals surface area contributed by atoms with E-state index in [9.17, 15) is 4.79 Å². The van der Waals surface area contributed by atoms with E-state index in [0.29, 0.717) is 11.8 Å². The predicted molar refractivity (Wildman–Crippen MR) is 77.9 cm³/mol. The highest BCUT2D eigenvalue weighted by atomic mass is 32.2. The average molecular weight is 266 g/mol. The SMILES string of the molecule is CCCNC(=O)CSc1ccccc1C(C)NC. The zero-order chi connectivity index (χ0) is 13.4. The van der Waals surface area contributed by atoms with Gasteiger partial charge in [-0.25, -0.2) is 0 Å². The molecule has 0 saturated heterocycles. The molecule has 18 heavy (non-hydrogen) atoms. The van der Waals surface area contributed by atoms with Crippen molar-refractivity contribution >= 4 is 17.7 Å². The minimum atomic E-state index is 0.105. The third kappa shape index (κ3) is 4.70. The Labute approximate surface area is 114 Å². The fourth-order valence-corrected chi connectivity index (χ4v) is 2.56. The Kier molecular flexibility index (Phi) is 6.83. The average Bonchev–Trinajstić information content (AvgIpc) is 2.42. The van der Waals surface area contributed by atoms with E-state index in [2.05, 4.69) is 36.6 Å². The van der Waals surface area contributed by atoms with Gasteiger partial charge in [0.1, 0.15) is 0 Å². The van der Waals surface area contributed by atoms with Crippen LogP contribution in [-0.2, 0) is 4.79 Å². The van der Waals surface area contributed by atoms with Crippen molar-refractivity contribution in [2.75, 3.05) is 19.3 Å². The van der Waals surface area contributed by atoms with Gasteiger partial charge in [0.2, 0.25) is 5.91 Å². The number of thioether (sulfide) groups is 1. The van der Waals surface area contributed by atoms with Crippen molar-refractivity contribution < 1.29 is 4.79 Å². The number of nitrogens with one attached hydrogen (secondary N) is 2. The van der Waals surface area contributed by atoms with Crippen molar-refractivity contribution in [3.63, 3.8) is 0 Å². The molecule has 4 heteroatoms. The molecular weight excluding hydrogens is 244 g/mol. The number of hydrogen-bond donors (Lipinski definition) is 2. The first kappa shape index (κ1) is 15.1. The van der Waals surface area contributed by atoms with Gasteiger partial charge in [0.05, 0.1) is 5.75 Å². The van der Waals surface area contributed by atoms with Crippen molar-refractivity contribution in [3.8, 4) is 0 Å². The highest BCUT2D eigenvalue weighted by molar-refractivity contribution is 8.00. The van der Waals surface area contributed by atoms with E-state index >= 15 is 0 Å². The molecule has 3 nitrogen and oxygen atoms in total. The predicted octanol–water partition coefficient (Wildman–Crippen LogP) is 2.59. The van der Waals surface area contributed by atoms with Crippen LogP contribution < -0.4 is 10.6 Å². The Bertz CT molecular complexity index is 382. The molecule has 0 fully saturated rings. The molecule has 1 atom stereocenters. The second-order valence-corrected chi connectivity index (χ2v) is 5.20. The van der Waals surface area contributed by atoms with Gasteiger partial charge < -0.3 is 10.6 Å². The largest absolute Gasteiger partial charge is 0.355 e. The van der Waals surface area contributed by atoms with Crippen LogP contribution in [0.2, 0.25) is 0 Å². The van der Waals surface area contributed by atoms with Gasteiger partial charge in [-0.1, -0.05) is 25.1 Å². The quantitative estimate of drug-likeness (QED) is 0.745. The summed E-state index contributed by atoms with van der Waals surface area (Å²) in [6.45, 7) is 4.93. The second kappa shape index (κ2) is 8.16. The maximum absolute atomic E-state index is 11.6. The first-order valence-electron chi connectivity index (χ1n) is 6.34. The zero-order valence-corrected chi connectivity index (χ0v) is 12.1. The summed E-state index contributed by atoms with van der Waals surface area (Å²) in [5.41, 5.74) is 1.24. The molecular formula is C14H22N2OS. The highest BCUT2D eigenvalue weighted by Gasteiger charge is 2.10. The highest BCUT2D eigenvalue weighted by Crippen LogP contribution is 2.26. The second-order valence-electron chi connectivity index (χ2n) is 4.19. The fourth-order valence-electron chi connectivity index (χ4n) is 1.58. The van der Waals surface area contributed by atoms with E-state index in [1.165, 1.54) is 10.5 Å². The van der Waals surface area contributed by atoms with Crippen molar-refractivity contribution in [2.24, 2.45) is 0 Å². The van der Waals surface area contributed by atoms with Crippen LogP contribution in [0.5, 0.6) is 0 Å². The molecule has 0 spiro atoms. The summed E-state index contributed by atoms with van der Waals surface area (Å²) in [5, 5.41) is 6.12. The molecule has 1 aromatic carbocycles. The summed E-state index contributed by atoms with van der Waals surface area (Å²) >= 11 is 1.60. The number of hydrogen-bond acceptors (Lipinski definition) is 3. The number of carbonyl (C=O) groups is 1. The van der Waals surface area contributed by atoms with Crippen LogP contribution in [0.1, 0.15) is 31.9 Å². The lowest BCUT2D eigenvalue weighted by molar-refractivity contribution is -0.118. The van der Waals surface area contributed by atoms with E-state index in [0.717, 1.165) is 13.0 Å². The van der Waals surface area contributed by atoms with Gasteiger partial charge in [-0.2, -0.15) is 0 Å². The summed E-state index contributed by atoms with van der Waals surface area (Å²) < 4.78 is 0. The van der Waals surface area contributed by atoms with Gasteiger partial charge in [-0.3, -0.25) is 4.79 Å². The summed E-state index contributed by atoms with van der Waals surface area (Å²) in [6, 6.07) is 8.52. The van der Waals surface area contributed by atoms with Crippen LogP contribution in [0.25, 0.3) is 0 Å². The van der Waals surface area contributed by atoms with Crippen LogP contribution in [0, 0.1) is 0 Å². The molecule has 1 unspecified atom stereocenters. The van der Waals surface area contributed by atoms with Crippen LogP contribution >= 0.6 is 11.8 Å². The topological polar surface area (TPSA) is 41.1 Å². The fraction of sp³-hybridized carbons (Fsp3) is 0.500. The molecule has 0 aliphatic heterocycles. The van der Waals surface area contributed by atoms with Crippen molar-refractivity contribution in [2.45, 2.75) is 31.2 Å². The summed E-state index contributed by atoms with van der Waals surface area (Å²) in [6.07, 6.45) is 0.976. The molecule has 0 saturated carbocycles. The van der Waals surface area contributed by atoms with Crippen molar-refractivity contribution in [3.05, 3.63) is 29.8 Å². The Morgan fingerprint density at radius 1 is 1.39 bits per heavy atom. The lowest BCUT2D eigenvalue weighted by Crippen LogP contribution is -2.25. The van der Waals surface area contributed by atoms with Gasteiger partial charge in [0.25, 0.3) is 0 Å². The van der Waals surface area contributed by atoms with Crippen molar-refractivity contribution in [1.29, 1.82) is 0 Å². The van der Waals surface area contributed by atoms with Gasteiger partial charge in [0, 0.05) is 17.5 Å². The Morgan fingerprint density at radius 3 is 2.78 bits per heavy atom. The number of carbonyl (C=O) groups excluding carboxylic acids is 1. The molecule has 0 aliphatic carbocycles. The van der Waals surface area contributed by atoms with E-state index in [-0.39, 0.29) is 5.91 Å². The lowest BCUT2D eigenvalue weighted by Gasteiger charge is -2.15. The van der Waals surface area contributed by atoms with E-state index in [1.54, 1.807) is 11.8 Å². The Balaban J connectivity index is 2.59. The standard InChI is InChI=1S/C14H22N2OS/c1-4-9-16-14(17)10-18-13-8-6-5-7-12(13)11(2)15-3/h5-8,11,15H,4,9-10H2,1-3H3,(H,16,17). The third-order valence-corrected chi connectivity index (χ3v) is 3.84. The maximum Gasteiger partial charge on any atom is 0.230 e. The van der Waals surface area contributed by atoms with Gasteiger partial charge in [-0.15, -0.1) is 11.8 Å². The lowest BCUT2D eigenvalue weighted by atomic mass is 10.1. The molecule has 1 rings (SSSR count). The molecule has 0 aromatic heterocycles. The van der Waals surface area contributed by atoms with Crippen LogP contribution in [0.3, 0.4) is 0 Å². The normalized spacial score (nSPS) is 12.2. The van der Waals surface area contributed by atoms with Gasteiger partial charge in [0.15, 0.2) is 0 Å². The van der Waals surface area contributed by atoms with E-state index in [1.807, 2.05) is 19.2 Å². The van der Waals surface area contributed by atoms with E-state index < -0.39 is 0 Å². The summed E-state index contributed by atoms with van der Waals surface area (Å²) in [7, 11) is 1.94. The molecule has 0 bridgehead atoms. The molecule has 0 heterocycles. The van der Waals surface area contributed by atoms with Crippen LogP contribution in [0.15, 0.2) is 29.2 Å². The number of benzene rings is 1. The molecule has 100 valence electrons. The molecule has 2 N–H and O–H groups in total. The number of amides is 1. The minimum absolute atomic E-state index is 0.105. The smallest absolute Gasteiger partial charge is 0.230 e. The van der Waals surface area contributed by atoms with Crippen LogP contribution in [-0.4, -0.2) is 25.3 Å². The number of rotatable bonds is 7. The zero-order valence-electron chi connectivity index (χ0n) is 11.3. The van der Waals surface area contributed by atoms with E-state index in [4.69, 9.17) is 0 Å². The molecule has 1 aromatic rings. The first-order chi connectivity index (χ1) is 8.69. The minimum Gasteiger partial charge on any atom is -0.355 e.